The van der Waals surface area contributed by atoms with Gasteiger partial charge in [0.15, 0.2) is 0 Å². The number of aromatic nitrogens is 3. The number of piperidine rings is 1. The van der Waals surface area contributed by atoms with E-state index in [1.807, 2.05) is 50.2 Å². The van der Waals surface area contributed by atoms with Gasteiger partial charge in [0.05, 0.1) is 11.0 Å². The van der Waals surface area contributed by atoms with E-state index in [0.29, 0.717) is 70.5 Å². The van der Waals surface area contributed by atoms with Gasteiger partial charge in [0.2, 0.25) is 46.9 Å². The lowest BCUT2D eigenvalue weighted by atomic mass is 9.79. The molecule has 8 N–H and O–H groups in total. The van der Waals surface area contributed by atoms with Crippen LogP contribution < -0.4 is 32.7 Å². The smallest absolute Gasteiger partial charge is 0.329 e. The van der Waals surface area contributed by atoms with E-state index in [9.17, 15) is 52.6 Å². The van der Waals surface area contributed by atoms with Gasteiger partial charge in [-0.25, -0.2) is 4.79 Å². The molecule has 8 amide bonds. The normalized spacial score (nSPS) is 22.5. The highest BCUT2D eigenvalue weighted by Gasteiger charge is 2.47. The number of carbonyl (C=O) groups is 9. The second kappa shape index (κ2) is 24.6. The van der Waals surface area contributed by atoms with Crippen molar-refractivity contribution in [3.63, 3.8) is 0 Å². The lowest BCUT2D eigenvalue weighted by Crippen LogP contribution is -2.62. The SMILES string of the molecule is CC(C)c1ccc(CNC(=O)[C@H](CCC(N)=O)NC(=O)[C@@H]2CC[C@@H]3CCN(C(=O)C4CCC(CCc5ccc6c(c5)n(C)c(=O)n6C5CCC(=O)NC5=O)CC4)C[C@H](NC(=O)c4cc5cc(C(=O)P(C)(=O)O)ccc5[nH]4)C(=O)N32)c(Cl)c1. The number of nitrogens with zero attached hydrogens (tertiary/aromatic N) is 4. The summed E-state index contributed by atoms with van der Waals surface area (Å²) in [6.45, 7) is 5.02. The molecule has 2 aromatic heterocycles. The molecule has 3 aliphatic heterocycles. The number of fused-ring (bicyclic) bond motifs is 3. The van der Waals surface area contributed by atoms with Gasteiger partial charge in [-0.15, -0.1) is 0 Å². The molecule has 4 aliphatic rings. The Bertz CT molecular complexity index is 3500. The molecule has 4 fully saturated rings. The molecule has 3 aromatic carbocycles. The molecule has 1 aliphatic carbocycles. The van der Waals surface area contributed by atoms with Crippen LogP contribution in [-0.4, -0.2) is 126 Å². The number of imidazole rings is 1. The van der Waals surface area contributed by atoms with Crippen LogP contribution >= 0.6 is 19.0 Å². The molecule has 6 atom stereocenters. The number of amides is 8. The highest BCUT2D eigenvalue weighted by atomic mass is 35.5. The summed E-state index contributed by atoms with van der Waals surface area (Å²) in [6, 6.07) is 12.0. The zero-order valence-electron chi connectivity index (χ0n) is 46.3. The number of benzene rings is 3. The number of imide groups is 1. The van der Waals surface area contributed by atoms with E-state index in [-0.39, 0.29) is 92.3 Å². The van der Waals surface area contributed by atoms with Gasteiger partial charge >= 0.3 is 5.69 Å². The Morgan fingerprint density at radius 2 is 1.65 bits per heavy atom. The van der Waals surface area contributed by atoms with Crippen LogP contribution in [-0.2, 0) is 58.1 Å². The highest BCUT2D eigenvalue weighted by molar-refractivity contribution is 7.75. The second-order valence-corrected chi connectivity index (χ2v) is 25.4. The van der Waals surface area contributed by atoms with Gasteiger partial charge in [-0.1, -0.05) is 43.6 Å². The van der Waals surface area contributed by atoms with E-state index in [4.69, 9.17) is 17.3 Å². The van der Waals surface area contributed by atoms with Gasteiger partial charge in [-0.3, -0.25) is 62.2 Å². The number of halogens is 1. The first-order chi connectivity index (χ1) is 38.9. The molecule has 436 valence electrons. The number of rotatable bonds is 18. The summed E-state index contributed by atoms with van der Waals surface area (Å²) >= 11 is 6.56. The van der Waals surface area contributed by atoms with Gasteiger partial charge in [0.25, 0.3) is 13.3 Å². The number of hydrogen-bond donors (Lipinski definition) is 7. The van der Waals surface area contributed by atoms with Crippen molar-refractivity contribution >= 4 is 93.7 Å². The molecule has 1 saturated carbocycles. The maximum Gasteiger partial charge on any atom is 0.329 e. The van der Waals surface area contributed by atoms with Crippen molar-refractivity contribution < 1.29 is 52.6 Å². The van der Waals surface area contributed by atoms with Crippen molar-refractivity contribution in [3.8, 4) is 0 Å². The number of H-pyrrole nitrogens is 1. The largest absolute Gasteiger partial charge is 0.370 e. The zero-order valence-corrected chi connectivity index (χ0v) is 48.0. The maximum atomic E-state index is 15.1. The second-order valence-electron chi connectivity index (χ2n) is 22.8. The molecule has 22 nitrogen and oxygen atoms in total. The summed E-state index contributed by atoms with van der Waals surface area (Å²) in [5.74, 6) is -4.13. The predicted molar refractivity (Wildman–Crippen MR) is 305 cm³/mol. The van der Waals surface area contributed by atoms with Crippen molar-refractivity contribution in [3.05, 3.63) is 104 Å². The first-order valence-corrected chi connectivity index (χ1v) is 30.5. The molecule has 0 radical (unpaired) electrons. The first-order valence-electron chi connectivity index (χ1n) is 28.0. The van der Waals surface area contributed by atoms with Crippen LogP contribution in [0.2, 0.25) is 5.02 Å². The minimum Gasteiger partial charge on any atom is -0.370 e. The average Bonchev–Trinajstić information content (AvgIpc) is 4.32. The third kappa shape index (κ3) is 12.9. The molecule has 5 aromatic rings. The third-order valence-corrected chi connectivity index (χ3v) is 18.2. The topological polar surface area (TPSA) is 314 Å². The van der Waals surface area contributed by atoms with Gasteiger partial charge in [0.1, 0.15) is 29.9 Å². The summed E-state index contributed by atoms with van der Waals surface area (Å²) < 4.78 is 15.2. The maximum absolute atomic E-state index is 15.1. The monoisotopic (exact) mass is 1160 g/mol. The fraction of sp³-hybridized carbons (Fsp3) is 0.483. The van der Waals surface area contributed by atoms with E-state index in [0.717, 1.165) is 37.1 Å². The number of nitrogens with one attached hydrogen (secondary N) is 5. The first kappa shape index (κ1) is 59.2. The zero-order chi connectivity index (χ0) is 58.9. The summed E-state index contributed by atoms with van der Waals surface area (Å²) in [7, 11) is -2.47. The average molecular weight is 1170 g/mol. The van der Waals surface area contributed by atoms with Crippen molar-refractivity contribution in [1.29, 1.82) is 0 Å². The lowest BCUT2D eigenvalue weighted by molar-refractivity contribution is -0.147. The summed E-state index contributed by atoms with van der Waals surface area (Å²) in [5.41, 5.74) is 8.55. The van der Waals surface area contributed by atoms with Crippen molar-refractivity contribution in [2.24, 2.45) is 24.6 Å². The molecule has 82 heavy (non-hydrogen) atoms. The Labute approximate surface area is 478 Å². The fourth-order valence-electron chi connectivity index (χ4n) is 12.1. The molecular weight excluding hydrogens is 1100 g/mol. The minimum atomic E-state index is -4.13. The molecule has 3 saturated heterocycles. The number of nitrogens with two attached hydrogens (primary N) is 1. The van der Waals surface area contributed by atoms with Gasteiger partial charge in [-0.05, 0) is 142 Å². The predicted octanol–water partition coefficient (Wildman–Crippen LogP) is 4.81. The molecular formula is C58H70ClN10O12P. The molecule has 2 unspecified atom stereocenters. The van der Waals surface area contributed by atoms with Crippen molar-refractivity contribution in [1.82, 2.24) is 45.2 Å². The quantitative estimate of drug-likeness (QED) is 0.0459. The number of carbonyl (C=O) groups excluding carboxylic acids is 9. The van der Waals surface area contributed by atoms with Crippen LogP contribution in [0.5, 0.6) is 0 Å². The van der Waals surface area contributed by atoms with Gasteiger partial charge in [0, 0.05) is 79.6 Å². The number of hydrogen-bond acceptors (Lipinski definition) is 11. The van der Waals surface area contributed by atoms with E-state index >= 15 is 4.79 Å². The Hall–Kier alpha value is -7.42. The number of aromatic amines is 1. The highest BCUT2D eigenvalue weighted by Crippen LogP contribution is 2.40. The van der Waals surface area contributed by atoms with Gasteiger partial charge in [-0.2, -0.15) is 0 Å². The van der Waals surface area contributed by atoms with E-state index in [1.165, 1.54) is 38.3 Å². The molecule has 9 rings (SSSR count). The number of primary amides is 1. The third-order valence-electron chi connectivity index (χ3n) is 16.8. The molecule has 0 spiro atoms. The van der Waals surface area contributed by atoms with Crippen LogP contribution in [0.3, 0.4) is 0 Å². The fourth-order valence-corrected chi connectivity index (χ4v) is 13.0. The van der Waals surface area contributed by atoms with Crippen LogP contribution in [0.25, 0.3) is 21.9 Å². The summed E-state index contributed by atoms with van der Waals surface area (Å²) in [4.78, 5) is 151. The lowest BCUT2D eigenvalue weighted by Gasteiger charge is -2.40. The molecule has 24 heteroatoms. The Kier molecular flexibility index (Phi) is 17.7. The van der Waals surface area contributed by atoms with E-state index in [2.05, 4.69) is 26.3 Å². The van der Waals surface area contributed by atoms with E-state index in [1.54, 1.807) is 11.9 Å². The van der Waals surface area contributed by atoms with Crippen molar-refractivity contribution in [2.45, 2.75) is 140 Å². The number of aryl methyl sites for hydroxylation is 2. The Morgan fingerprint density at radius 1 is 0.890 bits per heavy atom. The summed E-state index contributed by atoms with van der Waals surface area (Å²) in [6.07, 6.45) is 5.19. The minimum absolute atomic E-state index is 0.00310. The van der Waals surface area contributed by atoms with Crippen LogP contribution in [0.4, 0.5) is 0 Å². The molecule has 5 heterocycles. The van der Waals surface area contributed by atoms with E-state index < -0.39 is 78.5 Å². The summed E-state index contributed by atoms with van der Waals surface area (Å²) in [5, 5.41) is 11.6. The van der Waals surface area contributed by atoms with Crippen LogP contribution in [0, 0.1) is 11.8 Å². The van der Waals surface area contributed by atoms with Gasteiger partial charge < -0.3 is 41.4 Å². The van der Waals surface area contributed by atoms with Crippen molar-refractivity contribution in [2.75, 3.05) is 19.8 Å². The Balaban J connectivity index is 0.894. The van der Waals surface area contributed by atoms with Crippen LogP contribution in [0.1, 0.15) is 140 Å². The standard InChI is InChI=1S/C58H70ClN10O12P/c1-31(2)35-12-13-37(40(59)27-35)29-61-51(72)42(17-21-49(60)70)63-53(74)46-19-15-39-23-24-67(30-44(56(77)68(39)46)64-52(73)43-28-38-26-36(14-16-41(38)62-43)57(78)82(4,80)81)55(76)34-10-7-32(8-11-34)5-6-33-9-18-45-48(25-33)66(3)58(79)69(45)47-20-22-50(71)65-54(47)75/h9,12-14,16,18,25-28,31-32,34,39,42,44,46-47,62H,5-8,10-11,15,17,19-24,29-30H2,1-4H3,(H2,60,70)(H,61,72)(H,63,74)(H,64,73)(H,80,81)(H,65,71,75)/t32?,34?,39-,42+,44+,46+,47?/m1/s1. The van der Waals surface area contributed by atoms with Crippen LogP contribution in [0.15, 0.2) is 65.5 Å². The molecule has 0 bridgehead atoms. The Morgan fingerprint density at radius 3 is 2.34 bits per heavy atom.